The van der Waals surface area contributed by atoms with E-state index < -0.39 is 10.0 Å². The monoisotopic (exact) mass is 262 g/mol. The van der Waals surface area contributed by atoms with Crippen molar-refractivity contribution in [3.8, 4) is 0 Å². The summed E-state index contributed by atoms with van der Waals surface area (Å²) in [7, 11) is -3.12. The maximum absolute atomic E-state index is 11.9. The molecule has 1 fully saturated rings. The standard InChI is InChI=1S/C12H26N2O2S/c1-4-13-8-9-17(15,16)14-12-7-5-6-10(2)11(12)3/h10-14H,4-9H2,1-3H3. The van der Waals surface area contributed by atoms with E-state index in [1.807, 2.05) is 6.92 Å². The molecule has 5 heteroatoms. The second-order valence-electron chi connectivity index (χ2n) is 5.16. The number of rotatable bonds is 6. The lowest BCUT2D eigenvalue weighted by Gasteiger charge is -2.34. The fourth-order valence-electron chi connectivity index (χ4n) is 2.42. The van der Waals surface area contributed by atoms with Gasteiger partial charge in [0.2, 0.25) is 10.0 Å². The molecule has 0 bridgehead atoms. The Bertz CT molecular complexity index is 316. The van der Waals surface area contributed by atoms with Crippen LogP contribution in [0.1, 0.15) is 40.0 Å². The molecule has 0 aliphatic heterocycles. The van der Waals surface area contributed by atoms with E-state index in [-0.39, 0.29) is 11.8 Å². The minimum atomic E-state index is -3.12. The summed E-state index contributed by atoms with van der Waals surface area (Å²) in [4.78, 5) is 0. The van der Waals surface area contributed by atoms with Gasteiger partial charge in [-0.25, -0.2) is 13.1 Å². The van der Waals surface area contributed by atoms with Crippen LogP contribution in [0.3, 0.4) is 0 Å². The Balaban J connectivity index is 2.46. The van der Waals surface area contributed by atoms with Crippen LogP contribution in [-0.2, 0) is 10.0 Å². The summed E-state index contributed by atoms with van der Waals surface area (Å²) in [6.07, 6.45) is 3.33. The highest BCUT2D eigenvalue weighted by molar-refractivity contribution is 7.89. The summed E-state index contributed by atoms with van der Waals surface area (Å²) in [6.45, 7) is 7.69. The van der Waals surface area contributed by atoms with Crippen molar-refractivity contribution < 1.29 is 8.42 Å². The van der Waals surface area contributed by atoms with Crippen LogP contribution in [-0.4, -0.2) is 33.3 Å². The van der Waals surface area contributed by atoms with Crippen LogP contribution in [0.5, 0.6) is 0 Å². The first kappa shape index (κ1) is 14.9. The number of nitrogens with one attached hydrogen (secondary N) is 2. The summed E-state index contributed by atoms with van der Waals surface area (Å²) < 4.78 is 26.6. The van der Waals surface area contributed by atoms with E-state index in [1.165, 1.54) is 6.42 Å². The fraction of sp³-hybridized carbons (Fsp3) is 1.00. The highest BCUT2D eigenvalue weighted by atomic mass is 32.2. The van der Waals surface area contributed by atoms with Gasteiger partial charge in [0, 0.05) is 12.6 Å². The first-order valence-corrected chi connectivity index (χ1v) is 8.32. The molecule has 1 rings (SSSR count). The molecule has 0 heterocycles. The Morgan fingerprint density at radius 2 is 1.94 bits per heavy atom. The average Bonchev–Trinajstić information content (AvgIpc) is 2.25. The zero-order valence-electron chi connectivity index (χ0n) is 11.2. The summed E-state index contributed by atoms with van der Waals surface area (Å²) in [5.41, 5.74) is 0. The van der Waals surface area contributed by atoms with Gasteiger partial charge in [0.1, 0.15) is 0 Å². The first-order valence-electron chi connectivity index (χ1n) is 6.67. The van der Waals surface area contributed by atoms with Crippen LogP contribution in [0.25, 0.3) is 0 Å². The van der Waals surface area contributed by atoms with Gasteiger partial charge in [-0.1, -0.05) is 33.6 Å². The summed E-state index contributed by atoms with van der Waals surface area (Å²) >= 11 is 0. The molecular formula is C12H26N2O2S. The van der Waals surface area contributed by atoms with Crippen molar-refractivity contribution in [3.63, 3.8) is 0 Å². The molecule has 0 spiro atoms. The van der Waals surface area contributed by atoms with E-state index in [2.05, 4.69) is 23.9 Å². The van der Waals surface area contributed by atoms with Gasteiger partial charge in [0.25, 0.3) is 0 Å². The molecule has 102 valence electrons. The molecule has 0 radical (unpaired) electrons. The van der Waals surface area contributed by atoms with Crippen molar-refractivity contribution in [1.29, 1.82) is 0 Å². The van der Waals surface area contributed by atoms with E-state index in [0.29, 0.717) is 18.4 Å². The summed E-state index contributed by atoms with van der Waals surface area (Å²) in [6, 6.07) is 0.130. The Labute approximate surface area is 106 Å². The van der Waals surface area contributed by atoms with Crippen LogP contribution < -0.4 is 10.0 Å². The van der Waals surface area contributed by atoms with E-state index in [0.717, 1.165) is 19.4 Å². The lowest BCUT2D eigenvalue weighted by molar-refractivity contribution is 0.227. The third kappa shape index (κ3) is 4.94. The van der Waals surface area contributed by atoms with E-state index >= 15 is 0 Å². The predicted octanol–water partition coefficient (Wildman–Crippen LogP) is 1.34. The van der Waals surface area contributed by atoms with Crippen LogP contribution in [0, 0.1) is 11.8 Å². The van der Waals surface area contributed by atoms with Gasteiger partial charge >= 0.3 is 0 Å². The van der Waals surface area contributed by atoms with Crippen LogP contribution in [0.2, 0.25) is 0 Å². The molecule has 3 atom stereocenters. The largest absolute Gasteiger partial charge is 0.316 e. The quantitative estimate of drug-likeness (QED) is 0.710. The molecule has 4 nitrogen and oxygen atoms in total. The molecule has 0 amide bonds. The maximum Gasteiger partial charge on any atom is 0.213 e. The SMILES string of the molecule is CCNCCS(=O)(=O)NC1CCCC(C)C1C. The van der Waals surface area contributed by atoms with Crippen molar-refractivity contribution in [2.45, 2.75) is 46.1 Å². The van der Waals surface area contributed by atoms with Gasteiger partial charge in [0.05, 0.1) is 5.75 Å². The molecule has 1 aliphatic rings. The lowest BCUT2D eigenvalue weighted by Crippen LogP contribution is -2.45. The number of hydrogen-bond donors (Lipinski definition) is 2. The summed E-state index contributed by atoms with van der Waals surface area (Å²) in [5, 5.41) is 3.04. The minimum Gasteiger partial charge on any atom is -0.316 e. The second kappa shape index (κ2) is 6.71. The first-order chi connectivity index (χ1) is 7.96. The van der Waals surface area contributed by atoms with Gasteiger partial charge in [0.15, 0.2) is 0 Å². The van der Waals surface area contributed by atoms with Crippen LogP contribution in [0.4, 0.5) is 0 Å². The third-order valence-corrected chi connectivity index (χ3v) is 5.24. The molecule has 0 saturated heterocycles. The Kier molecular flexibility index (Phi) is 5.89. The highest BCUT2D eigenvalue weighted by Gasteiger charge is 2.29. The topological polar surface area (TPSA) is 58.2 Å². The Hall–Kier alpha value is -0.130. The number of hydrogen-bond acceptors (Lipinski definition) is 3. The van der Waals surface area contributed by atoms with Gasteiger partial charge in [-0.2, -0.15) is 0 Å². The second-order valence-corrected chi connectivity index (χ2v) is 7.04. The molecule has 1 aliphatic carbocycles. The highest BCUT2D eigenvalue weighted by Crippen LogP contribution is 2.29. The molecule has 17 heavy (non-hydrogen) atoms. The van der Waals surface area contributed by atoms with Crippen LogP contribution in [0.15, 0.2) is 0 Å². The zero-order chi connectivity index (χ0) is 12.9. The van der Waals surface area contributed by atoms with Crippen molar-refractivity contribution in [2.75, 3.05) is 18.8 Å². The van der Waals surface area contributed by atoms with Crippen LogP contribution >= 0.6 is 0 Å². The average molecular weight is 262 g/mol. The molecule has 0 aromatic carbocycles. The predicted molar refractivity (Wildman–Crippen MR) is 71.4 cm³/mol. The number of sulfonamides is 1. The van der Waals surface area contributed by atoms with Crippen molar-refractivity contribution in [1.82, 2.24) is 10.0 Å². The minimum absolute atomic E-state index is 0.130. The molecule has 0 aromatic rings. The van der Waals surface area contributed by atoms with E-state index in [1.54, 1.807) is 0 Å². The lowest BCUT2D eigenvalue weighted by atomic mass is 9.78. The van der Waals surface area contributed by atoms with Gasteiger partial charge < -0.3 is 5.32 Å². The molecular weight excluding hydrogens is 236 g/mol. The maximum atomic E-state index is 11.9. The Morgan fingerprint density at radius 3 is 2.59 bits per heavy atom. The molecule has 0 aromatic heterocycles. The molecule has 3 unspecified atom stereocenters. The normalized spacial score (nSPS) is 30.4. The zero-order valence-corrected chi connectivity index (χ0v) is 12.0. The summed E-state index contributed by atoms with van der Waals surface area (Å²) in [5.74, 6) is 1.24. The molecule has 2 N–H and O–H groups in total. The fourth-order valence-corrected chi connectivity index (χ4v) is 3.75. The Morgan fingerprint density at radius 1 is 1.24 bits per heavy atom. The third-order valence-electron chi connectivity index (χ3n) is 3.84. The van der Waals surface area contributed by atoms with E-state index in [4.69, 9.17) is 0 Å². The van der Waals surface area contributed by atoms with E-state index in [9.17, 15) is 8.42 Å². The van der Waals surface area contributed by atoms with Gasteiger partial charge in [-0.05, 0) is 24.8 Å². The van der Waals surface area contributed by atoms with Gasteiger partial charge in [-0.3, -0.25) is 0 Å². The van der Waals surface area contributed by atoms with Crippen molar-refractivity contribution in [2.24, 2.45) is 11.8 Å². The van der Waals surface area contributed by atoms with Crippen molar-refractivity contribution in [3.05, 3.63) is 0 Å². The van der Waals surface area contributed by atoms with Crippen molar-refractivity contribution >= 4 is 10.0 Å². The smallest absolute Gasteiger partial charge is 0.213 e. The molecule has 1 saturated carbocycles. The van der Waals surface area contributed by atoms with Gasteiger partial charge in [-0.15, -0.1) is 0 Å².